The number of rotatable bonds is 5. The van der Waals surface area contributed by atoms with Gasteiger partial charge in [-0.1, -0.05) is 217 Å². The maximum atomic E-state index is 5.25. The Hall–Kier alpha value is -8.93. The van der Waals surface area contributed by atoms with Gasteiger partial charge in [0.25, 0.3) is 0 Å². The van der Waals surface area contributed by atoms with Crippen molar-refractivity contribution >= 4 is 44.9 Å². The molecule has 1 spiro atoms. The first-order valence-electron chi connectivity index (χ1n) is 23.8. The zero-order valence-electron chi connectivity index (χ0n) is 37.4. The molecule has 0 saturated carbocycles. The van der Waals surface area contributed by atoms with Crippen LogP contribution in [-0.4, -0.2) is 26.2 Å². The number of aromatic nitrogens is 4. The number of hydrogen-bond acceptors (Lipinski definition) is 3. The van der Waals surface area contributed by atoms with E-state index in [4.69, 9.17) is 15.0 Å². The Morgan fingerprint density at radius 1 is 0.319 bits per heavy atom. The maximum absolute atomic E-state index is 5.25. The summed E-state index contributed by atoms with van der Waals surface area (Å²) in [5.74, 6) is 1.95. The quantitative estimate of drug-likeness (QED) is 0.162. The van der Waals surface area contributed by atoms with Crippen molar-refractivity contribution in [2.24, 2.45) is 0 Å². The van der Waals surface area contributed by atoms with Crippen LogP contribution >= 0.6 is 0 Å². The molecule has 0 fully saturated rings. The Bertz CT molecular complexity index is 3970. The summed E-state index contributed by atoms with van der Waals surface area (Å²) in [4.78, 5) is 15.5. The van der Waals surface area contributed by atoms with Crippen LogP contribution in [0.1, 0.15) is 22.3 Å². The Morgan fingerprint density at radius 3 is 1.48 bits per heavy atom. The molecule has 15 rings (SSSR count). The summed E-state index contributed by atoms with van der Waals surface area (Å²) in [5.41, 5.74) is 22.6. The number of benzene rings is 10. The van der Waals surface area contributed by atoms with Crippen LogP contribution in [0.4, 0.5) is 0 Å². The number of nitrogens with zero attached hydrogens (tertiary/aromatic N) is 4. The largest absolute Gasteiger partial charge is 0.309 e. The third-order valence-corrected chi connectivity index (χ3v) is 15.2. The summed E-state index contributed by atoms with van der Waals surface area (Å²) in [6.45, 7) is 0.131. The van der Waals surface area contributed by atoms with Crippen molar-refractivity contribution in [2.45, 2.75) is 5.41 Å². The molecule has 3 aliphatic rings. The molecular formula is C64H39BN4. The fourth-order valence-corrected chi connectivity index (χ4v) is 12.3. The summed E-state index contributed by atoms with van der Waals surface area (Å²) < 4.78 is 2.39. The lowest BCUT2D eigenvalue weighted by atomic mass is 9.32. The fourth-order valence-electron chi connectivity index (χ4n) is 12.3. The van der Waals surface area contributed by atoms with E-state index in [1.165, 1.54) is 93.8 Å². The number of hydrogen-bond donors (Lipinski definition) is 0. The molecule has 1 aliphatic carbocycles. The Kier molecular flexibility index (Phi) is 8.05. The summed E-state index contributed by atoms with van der Waals surface area (Å²) >= 11 is 0. The van der Waals surface area contributed by atoms with Gasteiger partial charge in [-0.3, -0.25) is 0 Å². The van der Waals surface area contributed by atoms with Crippen LogP contribution in [0.2, 0.25) is 0 Å². The lowest BCUT2D eigenvalue weighted by Gasteiger charge is -2.42. The number of para-hydroxylation sites is 2. The lowest BCUT2D eigenvalue weighted by molar-refractivity contribution is 0.776. The molecule has 1 atom stereocenters. The fraction of sp³-hybridized carbons (Fsp3) is 0.0156. The minimum absolute atomic E-state index is 0.131. The van der Waals surface area contributed by atoms with Gasteiger partial charge >= 0.3 is 0 Å². The minimum atomic E-state index is -0.641. The van der Waals surface area contributed by atoms with Gasteiger partial charge in [-0.05, 0) is 92.0 Å². The van der Waals surface area contributed by atoms with Crippen LogP contribution in [0, 0.1) is 0 Å². The second kappa shape index (κ2) is 14.5. The van der Waals surface area contributed by atoms with Gasteiger partial charge in [0, 0.05) is 33.2 Å². The average molecular weight is 875 g/mol. The van der Waals surface area contributed by atoms with Gasteiger partial charge in [-0.15, -0.1) is 0 Å². The highest BCUT2D eigenvalue weighted by Gasteiger charge is 2.54. The second-order valence-corrected chi connectivity index (χ2v) is 18.6. The molecule has 0 saturated heterocycles. The van der Waals surface area contributed by atoms with Gasteiger partial charge in [0.05, 0.1) is 16.4 Å². The van der Waals surface area contributed by atoms with E-state index in [-0.39, 0.29) is 6.71 Å². The predicted octanol–water partition coefficient (Wildman–Crippen LogP) is 12.8. The van der Waals surface area contributed by atoms with Crippen LogP contribution in [0.15, 0.2) is 237 Å². The third kappa shape index (κ3) is 5.38. The first kappa shape index (κ1) is 38.2. The standard InChI is InChI=1S/C64H39BN4/c1-3-16-41(17-4-1)61-66-62(42-18-5-2-6-19-42)68-63(67-61)44-33-37-47-46-36-32-43(40-30-34-45(35-31-40)69-58-28-13-8-21-49(58)50-22-9-14-29-59(50)69)38-54(46)64(55(47)39-44)52-24-10-12-27-57(52)65-56-26-11-7-20-48(56)51-23-15-25-53(64)60(51)65/h1-39H. The zero-order chi connectivity index (χ0) is 45.2. The van der Waals surface area contributed by atoms with Gasteiger partial charge in [-0.2, -0.15) is 0 Å². The molecule has 0 amide bonds. The van der Waals surface area contributed by atoms with Gasteiger partial charge < -0.3 is 4.57 Å². The summed E-state index contributed by atoms with van der Waals surface area (Å²) in [6, 6.07) is 86.5. The number of fused-ring (bicyclic) bond motifs is 15. The molecule has 4 nitrogen and oxygen atoms in total. The molecule has 318 valence electrons. The van der Waals surface area contributed by atoms with Crippen molar-refractivity contribution in [3.05, 3.63) is 259 Å². The molecule has 2 aromatic heterocycles. The molecule has 10 aromatic carbocycles. The Balaban J connectivity index is 0.962. The molecule has 2 aliphatic heterocycles. The maximum Gasteiger partial charge on any atom is 0.243 e. The molecule has 1 unspecified atom stereocenters. The van der Waals surface area contributed by atoms with E-state index >= 15 is 0 Å². The summed E-state index contributed by atoms with van der Waals surface area (Å²) in [7, 11) is 0. The third-order valence-electron chi connectivity index (χ3n) is 15.2. The molecule has 0 N–H and O–H groups in total. The smallest absolute Gasteiger partial charge is 0.243 e. The van der Waals surface area contributed by atoms with E-state index in [0.29, 0.717) is 17.5 Å². The predicted molar refractivity (Wildman–Crippen MR) is 283 cm³/mol. The van der Waals surface area contributed by atoms with E-state index in [9.17, 15) is 0 Å². The van der Waals surface area contributed by atoms with Crippen molar-refractivity contribution < 1.29 is 0 Å². The average Bonchev–Trinajstić information content (AvgIpc) is 4.05. The van der Waals surface area contributed by atoms with Crippen LogP contribution < -0.4 is 16.4 Å². The monoisotopic (exact) mass is 874 g/mol. The first-order valence-corrected chi connectivity index (χ1v) is 23.8. The van der Waals surface area contributed by atoms with Crippen molar-refractivity contribution in [3.8, 4) is 73.2 Å². The van der Waals surface area contributed by atoms with E-state index in [1.807, 2.05) is 36.4 Å². The zero-order valence-corrected chi connectivity index (χ0v) is 37.4. The highest BCUT2D eigenvalue weighted by molar-refractivity contribution is 7.00. The molecule has 0 bridgehead atoms. The normalized spacial score (nSPS) is 14.7. The molecule has 0 radical (unpaired) electrons. The molecule has 69 heavy (non-hydrogen) atoms. The van der Waals surface area contributed by atoms with Crippen LogP contribution in [-0.2, 0) is 5.41 Å². The summed E-state index contributed by atoms with van der Waals surface area (Å²) in [6.07, 6.45) is 0. The molecule has 5 heteroatoms. The van der Waals surface area contributed by atoms with Crippen molar-refractivity contribution in [3.63, 3.8) is 0 Å². The van der Waals surface area contributed by atoms with E-state index in [1.54, 1.807) is 0 Å². The SMILES string of the molecule is c1ccc(-c2nc(-c3ccccc3)nc(-c3ccc4c(c3)C3(c5ccccc5B5c6ccccc6-c6cccc3c65)c3cc(-c5ccc(-n6c7ccccc7c7ccccc76)cc5)ccc3-4)n2)cc1. The van der Waals surface area contributed by atoms with Crippen LogP contribution in [0.25, 0.3) is 95.0 Å². The Morgan fingerprint density at radius 2 is 0.812 bits per heavy atom. The van der Waals surface area contributed by atoms with Gasteiger partial charge in [-0.25, -0.2) is 15.0 Å². The van der Waals surface area contributed by atoms with Crippen molar-refractivity contribution in [2.75, 3.05) is 0 Å². The Labute approximate surface area is 400 Å². The molecular weight excluding hydrogens is 836 g/mol. The van der Waals surface area contributed by atoms with Gasteiger partial charge in [0.1, 0.15) is 0 Å². The topological polar surface area (TPSA) is 43.6 Å². The lowest BCUT2D eigenvalue weighted by Crippen LogP contribution is -2.59. The molecule has 12 aromatic rings. The van der Waals surface area contributed by atoms with Crippen molar-refractivity contribution in [1.82, 2.24) is 19.5 Å². The highest BCUT2D eigenvalue weighted by Crippen LogP contribution is 2.58. The van der Waals surface area contributed by atoms with Gasteiger partial charge in [0.2, 0.25) is 6.71 Å². The van der Waals surface area contributed by atoms with Gasteiger partial charge in [0.15, 0.2) is 17.5 Å². The van der Waals surface area contributed by atoms with Crippen molar-refractivity contribution in [1.29, 1.82) is 0 Å². The van der Waals surface area contributed by atoms with E-state index in [2.05, 4.69) is 205 Å². The highest BCUT2D eigenvalue weighted by atomic mass is 15.0. The second-order valence-electron chi connectivity index (χ2n) is 18.6. The van der Waals surface area contributed by atoms with E-state index < -0.39 is 5.41 Å². The summed E-state index contributed by atoms with van der Waals surface area (Å²) in [5, 5.41) is 2.52. The van der Waals surface area contributed by atoms with Crippen LogP contribution in [0.3, 0.4) is 0 Å². The minimum Gasteiger partial charge on any atom is -0.309 e. The molecule has 4 heterocycles. The first-order chi connectivity index (χ1) is 34.2. The van der Waals surface area contributed by atoms with E-state index in [0.717, 1.165) is 22.4 Å². The van der Waals surface area contributed by atoms with Crippen LogP contribution in [0.5, 0.6) is 0 Å².